The quantitative estimate of drug-likeness (QED) is 0.492. The fraction of sp³-hybridized carbons (Fsp3) is 0.250. The molecule has 78 valence electrons. The lowest BCUT2D eigenvalue weighted by molar-refractivity contribution is 0.264. The predicted molar refractivity (Wildman–Crippen MR) is 44.7 cm³/mol. The van der Waals surface area contributed by atoms with Gasteiger partial charge in [-0.1, -0.05) is 0 Å². The number of benzene rings is 1. The van der Waals surface area contributed by atoms with Gasteiger partial charge >= 0.3 is 0 Å². The number of anilines is 1. The summed E-state index contributed by atoms with van der Waals surface area (Å²) in [7, 11) is 0. The van der Waals surface area contributed by atoms with E-state index in [0.717, 1.165) is 0 Å². The molecule has 5 N–H and O–H groups in total. The summed E-state index contributed by atoms with van der Waals surface area (Å²) in [4.78, 5) is 0. The molecule has 1 aromatic carbocycles. The summed E-state index contributed by atoms with van der Waals surface area (Å²) in [5.74, 6) is -3.80. The first-order valence-corrected chi connectivity index (χ1v) is 3.78. The highest BCUT2D eigenvalue weighted by Crippen LogP contribution is 2.26. The Morgan fingerprint density at radius 1 is 1.29 bits per heavy atom. The Bertz CT molecular complexity index is 331. The van der Waals surface area contributed by atoms with Gasteiger partial charge in [0, 0.05) is 11.6 Å². The first-order chi connectivity index (χ1) is 6.49. The summed E-state index contributed by atoms with van der Waals surface area (Å²) in [6.45, 7) is -0.649. The van der Waals surface area contributed by atoms with Gasteiger partial charge in [0.15, 0.2) is 11.6 Å². The Morgan fingerprint density at radius 2 is 1.86 bits per heavy atom. The molecule has 6 heteroatoms. The number of hydrogen-bond acceptors (Lipinski definition) is 3. The average Bonchev–Trinajstić information content (AvgIpc) is 2.15. The highest BCUT2D eigenvalue weighted by atomic mass is 19.2. The van der Waals surface area contributed by atoms with Crippen molar-refractivity contribution in [3.8, 4) is 0 Å². The maximum absolute atomic E-state index is 13.1. The second kappa shape index (κ2) is 3.85. The molecule has 1 rings (SSSR count). The van der Waals surface area contributed by atoms with E-state index in [1.807, 2.05) is 0 Å². The van der Waals surface area contributed by atoms with Crippen molar-refractivity contribution in [2.45, 2.75) is 6.04 Å². The molecule has 0 unspecified atom stereocenters. The molecule has 0 aliphatic rings. The summed E-state index contributed by atoms with van der Waals surface area (Å²) in [5, 5.41) is 8.63. The fourth-order valence-corrected chi connectivity index (χ4v) is 1.08. The van der Waals surface area contributed by atoms with E-state index < -0.39 is 41.4 Å². The van der Waals surface area contributed by atoms with Crippen LogP contribution in [0.25, 0.3) is 0 Å². The van der Waals surface area contributed by atoms with Crippen molar-refractivity contribution < 1.29 is 18.3 Å². The molecule has 0 amide bonds. The zero-order valence-corrected chi connectivity index (χ0v) is 7.10. The van der Waals surface area contributed by atoms with Gasteiger partial charge in [-0.3, -0.25) is 0 Å². The number of rotatable bonds is 2. The third-order valence-electron chi connectivity index (χ3n) is 1.81. The minimum Gasteiger partial charge on any atom is -0.396 e. The monoisotopic (exact) mass is 206 g/mol. The zero-order chi connectivity index (χ0) is 10.9. The molecule has 0 spiro atoms. The Labute approximate surface area is 78.1 Å². The average molecular weight is 206 g/mol. The molecule has 0 radical (unpaired) electrons. The van der Waals surface area contributed by atoms with Crippen LogP contribution < -0.4 is 11.5 Å². The van der Waals surface area contributed by atoms with Crippen molar-refractivity contribution >= 4 is 5.69 Å². The Kier molecular flexibility index (Phi) is 2.97. The molecular weight excluding hydrogens is 197 g/mol. The zero-order valence-electron chi connectivity index (χ0n) is 7.10. The van der Waals surface area contributed by atoms with Gasteiger partial charge in [-0.2, -0.15) is 0 Å². The van der Waals surface area contributed by atoms with Crippen molar-refractivity contribution in [1.82, 2.24) is 0 Å². The maximum Gasteiger partial charge on any atom is 0.165 e. The van der Waals surface area contributed by atoms with Gasteiger partial charge in [-0.15, -0.1) is 0 Å². The van der Waals surface area contributed by atoms with E-state index in [2.05, 4.69) is 0 Å². The van der Waals surface area contributed by atoms with Gasteiger partial charge in [0.05, 0.1) is 18.3 Å². The smallest absolute Gasteiger partial charge is 0.165 e. The predicted octanol–water partition coefficient (Wildman–Crippen LogP) is 0.678. The highest BCUT2D eigenvalue weighted by Gasteiger charge is 2.21. The van der Waals surface area contributed by atoms with Crippen molar-refractivity contribution in [2.75, 3.05) is 12.3 Å². The lowest BCUT2D eigenvalue weighted by Gasteiger charge is -2.13. The van der Waals surface area contributed by atoms with E-state index in [0.29, 0.717) is 6.07 Å². The normalized spacial score (nSPS) is 12.9. The topological polar surface area (TPSA) is 72.3 Å². The van der Waals surface area contributed by atoms with Crippen LogP contribution in [0.4, 0.5) is 18.9 Å². The largest absolute Gasteiger partial charge is 0.396 e. The molecular formula is C8H9F3N2O. The lowest BCUT2D eigenvalue weighted by atomic mass is 10.0. The second-order valence-corrected chi connectivity index (χ2v) is 2.77. The van der Waals surface area contributed by atoms with E-state index in [1.54, 1.807) is 0 Å². The second-order valence-electron chi connectivity index (χ2n) is 2.77. The minimum atomic E-state index is -1.38. The van der Waals surface area contributed by atoms with Gasteiger partial charge in [0.25, 0.3) is 0 Å². The summed E-state index contributed by atoms with van der Waals surface area (Å²) in [6, 6.07) is -0.904. The Balaban J connectivity index is 3.39. The van der Waals surface area contributed by atoms with Crippen LogP contribution in [0.5, 0.6) is 0 Å². The minimum absolute atomic E-state index is 0.332. The van der Waals surface area contributed by atoms with Crippen LogP contribution in [0.3, 0.4) is 0 Å². The first-order valence-electron chi connectivity index (χ1n) is 3.78. The highest BCUT2D eigenvalue weighted by molar-refractivity contribution is 5.50. The van der Waals surface area contributed by atoms with Crippen molar-refractivity contribution in [3.05, 3.63) is 29.1 Å². The van der Waals surface area contributed by atoms with Crippen molar-refractivity contribution in [2.24, 2.45) is 5.73 Å². The van der Waals surface area contributed by atoms with Gasteiger partial charge in [0.2, 0.25) is 0 Å². The lowest BCUT2D eigenvalue weighted by Crippen LogP contribution is -2.19. The van der Waals surface area contributed by atoms with E-state index in [9.17, 15) is 13.2 Å². The van der Waals surface area contributed by atoms with Crippen LogP contribution >= 0.6 is 0 Å². The molecule has 1 atom stereocenters. The molecule has 0 bridgehead atoms. The van der Waals surface area contributed by atoms with E-state index >= 15 is 0 Å². The standard InChI is InChI=1S/C8H9F3N2O/c9-3-1-4(10)8(13)6(7(3)11)5(12)2-14/h1,5,14H,2,12-13H2/t5-/m1/s1. The Hall–Kier alpha value is -1.27. The molecule has 3 nitrogen and oxygen atoms in total. The molecule has 0 heterocycles. The number of halogens is 3. The number of hydrogen-bond donors (Lipinski definition) is 3. The van der Waals surface area contributed by atoms with Crippen LogP contribution in [-0.2, 0) is 0 Å². The van der Waals surface area contributed by atoms with Crippen LogP contribution in [0.1, 0.15) is 11.6 Å². The number of aliphatic hydroxyl groups is 1. The molecule has 0 aliphatic heterocycles. The maximum atomic E-state index is 13.1. The fourth-order valence-electron chi connectivity index (χ4n) is 1.08. The summed E-state index contributed by atoms with van der Waals surface area (Å²) in [5.41, 5.74) is 9.27. The van der Waals surface area contributed by atoms with E-state index in [-0.39, 0.29) is 0 Å². The molecule has 14 heavy (non-hydrogen) atoms. The molecule has 1 aromatic rings. The molecule has 0 fully saturated rings. The van der Waals surface area contributed by atoms with E-state index in [4.69, 9.17) is 16.6 Å². The third kappa shape index (κ3) is 1.66. The van der Waals surface area contributed by atoms with E-state index in [1.165, 1.54) is 0 Å². The molecule has 0 saturated heterocycles. The number of nitrogens with two attached hydrogens (primary N) is 2. The Morgan fingerprint density at radius 3 is 2.36 bits per heavy atom. The molecule has 0 aliphatic carbocycles. The van der Waals surface area contributed by atoms with Gasteiger partial charge in [-0.25, -0.2) is 13.2 Å². The van der Waals surface area contributed by atoms with Gasteiger partial charge in [0.1, 0.15) is 5.82 Å². The first kappa shape index (κ1) is 10.8. The van der Waals surface area contributed by atoms with Crippen molar-refractivity contribution in [1.29, 1.82) is 0 Å². The van der Waals surface area contributed by atoms with Crippen LogP contribution in [0.2, 0.25) is 0 Å². The summed E-state index contributed by atoms with van der Waals surface area (Å²) >= 11 is 0. The van der Waals surface area contributed by atoms with Crippen LogP contribution in [0, 0.1) is 17.5 Å². The van der Waals surface area contributed by atoms with Crippen LogP contribution in [-0.4, -0.2) is 11.7 Å². The number of aliphatic hydroxyl groups excluding tert-OH is 1. The van der Waals surface area contributed by atoms with Crippen molar-refractivity contribution in [3.63, 3.8) is 0 Å². The SMILES string of the molecule is Nc1c(F)cc(F)c(F)c1[C@H](N)CO. The number of nitrogen functional groups attached to an aromatic ring is 1. The van der Waals surface area contributed by atoms with Gasteiger partial charge < -0.3 is 16.6 Å². The summed E-state index contributed by atoms with van der Waals surface area (Å²) in [6.07, 6.45) is 0. The molecule has 0 aromatic heterocycles. The molecule has 0 saturated carbocycles. The summed E-state index contributed by atoms with van der Waals surface area (Å²) < 4.78 is 38.6. The third-order valence-corrected chi connectivity index (χ3v) is 1.81. The van der Waals surface area contributed by atoms with Crippen LogP contribution in [0.15, 0.2) is 6.07 Å². The van der Waals surface area contributed by atoms with Gasteiger partial charge in [-0.05, 0) is 0 Å².